The summed E-state index contributed by atoms with van der Waals surface area (Å²) in [5, 5.41) is 0. The SMILES string of the molecule is CCCC(Oc1cccc(N)c1)C(=O)c1ccc(F)cc1. The van der Waals surface area contributed by atoms with E-state index in [2.05, 4.69) is 0 Å². The predicted octanol–water partition coefficient (Wildman–Crippen LogP) is 3.84. The van der Waals surface area contributed by atoms with Crippen molar-refractivity contribution in [3.8, 4) is 5.75 Å². The van der Waals surface area contributed by atoms with Crippen molar-refractivity contribution in [2.45, 2.75) is 25.9 Å². The van der Waals surface area contributed by atoms with E-state index >= 15 is 0 Å². The number of carbonyl (C=O) groups excluding carboxylic acids is 1. The number of halogens is 1. The van der Waals surface area contributed by atoms with Gasteiger partial charge in [-0.2, -0.15) is 0 Å². The van der Waals surface area contributed by atoms with Crippen molar-refractivity contribution >= 4 is 11.5 Å². The molecule has 0 aliphatic heterocycles. The number of nitrogens with two attached hydrogens (primary N) is 1. The van der Waals surface area contributed by atoms with Crippen LogP contribution in [0.2, 0.25) is 0 Å². The van der Waals surface area contributed by atoms with Gasteiger partial charge in [-0.15, -0.1) is 0 Å². The highest BCUT2D eigenvalue weighted by Crippen LogP contribution is 2.20. The van der Waals surface area contributed by atoms with E-state index in [4.69, 9.17) is 10.5 Å². The fourth-order valence-electron chi connectivity index (χ4n) is 2.06. The molecule has 2 N–H and O–H groups in total. The van der Waals surface area contributed by atoms with Gasteiger partial charge in [0.15, 0.2) is 6.10 Å². The van der Waals surface area contributed by atoms with Gasteiger partial charge >= 0.3 is 0 Å². The van der Waals surface area contributed by atoms with Crippen molar-refractivity contribution in [2.75, 3.05) is 5.73 Å². The number of benzene rings is 2. The number of Topliss-reactive ketones (excluding diaryl/α,β-unsaturated/α-hetero) is 1. The molecule has 2 aromatic carbocycles. The van der Waals surface area contributed by atoms with Gasteiger partial charge in [0, 0.05) is 17.3 Å². The van der Waals surface area contributed by atoms with Crippen molar-refractivity contribution in [3.05, 3.63) is 59.9 Å². The topological polar surface area (TPSA) is 52.3 Å². The lowest BCUT2D eigenvalue weighted by molar-refractivity contribution is 0.0777. The molecule has 0 heterocycles. The van der Waals surface area contributed by atoms with Gasteiger partial charge in [0.25, 0.3) is 0 Å². The van der Waals surface area contributed by atoms with Crippen LogP contribution in [0.5, 0.6) is 5.75 Å². The quantitative estimate of drug-likeness (QED) is 0.648. The number of hydrogen-bond acceptors (Lipinski definition) is 3. The summed E-state index contributed by atoms with van der Waals surface area (Å²) >= 11 is 0. The van der Waals surface area contributed by atoms with Crippen LogP contribution < -0.4 is 10.5 Å². The Morgan fingerprint density at radius 2 is 1.95 bits per heavy atom. The molecule has 0 radical (unpaired) electrons. The zero-order valence-electron chi connectivity index (χ0n) is 11.9. The second-order valence-corrected chi connectivity index (χ2v) is 4.84. The van der Waals surface area contributed by atoms with E-state index in [0.717, 1.165) is 6.42 Å². The minimum atomic E-state index is -0.595. The van der Waals surface area contributed by atoms with Gasteiger partial charge in [0.05, 0.1) is 0 Å². The molecule has 2 aromatic rings. The second-order valence-electron chi connectivity index (χ2n) is 4.84. The van der Waals surface area contributed by atoms with Gasteiger partial charge in [-0.05, 0) is 42.8 Å². The summed E-state index contributed by atoms with van der Waals surface area (Å²) in [5.41, 5.74) is 6.73. The molecule has 4 heteroatoms. The minimum absolute atomic E-state index is 0.153. The van der Waals surface area contributed by atoms with Crippen molar-refractivity contribution in [1.82, 2.24) is 0 Å². The first-order valence-electron chi connectivity index (χ1n) is 6.92. The van der Waals surface area contributed by atoms with E-state index < -0.39 is 6.10 Å². The lowest BCUT2D eigenvalue weighted by Gasteiger charge is -2.18. The smallest absolute Gasteiger partial charge is 0.203 e. The molecular formula is C17H18FNO2. The third-order valence-electron chi connectivity index (χ3n) is 3.11. The molecule has 0 amide bonds. The molecule has 2 rings (SSSR count). The summed E-state index contributed by atoms with van der Waals surface area (Å²) in [6, 6.07) is 12.5. The van der Waals surface area contributed by atoms with E-state index in [0.29, 0.717) is 23.4 Å². The Balaban J connectivity index is 2.18. The van der Waals surface area contributed by atoms with Gasteiger partial charge in [0.1, 0.15) is 11.6 Å². The molecule has 0 aromatic heterocycles. The maximum Gasteiger partial charge on any atom is 0.203 e. The number of ketones is 1. The van der Waals surface area contributed by atoms with Crippen LogP contribution in [0.4, 0.5) is 10.1 Å². The van der Waals surface area contributed by atoms with Crippen LogP contribution in [0.15, 0.2) is 48.5 Å². The Morgan fingerprint density at radius 1 is 1.24 bits per heavy atom. The van der Waals surface area contributed by atoms with Crippen LogP contribution in [0.3, 0.4) is 0 Å². The Kier molecular flexibility index (Phi) is 4.93. The number of rotatable bonds is 6. The maximum atomic E-state index is 12.9. The summed E-state index contributed by atoms with van der Waals surface area (Å²) in [6.45, 7) is 1.98. The van der Waals surface area contributed by atoms with Crippen molar-refractivity contribution in [1.29, 1.82) is 0 Å². The molecule has 1 unspecified atom stereocenters. The average molecular weight is 287 g/mol. The maximum absolute atomic E-state index is 12.9. The average Bonchev–Trinajstić information content (AvgIpc) is 2.47. The molecule has 21 heavy (non-hydrogen) atoms. The molecule has 0 saturated heterocycles. The Labute approximate surface area is 123 Å². The first-order chi connectivity index (χ1) is 10.1. The van der Waals surface area contributed by atoms with Gasteiger partial charge in [0.2, 0.25) is 5.78 Å². The molecule has 1 atom stereocenters. The second kappa shape index (κ2) is 6.88. The molecule has 3 nitrogen and oxygen atoms in total. The van der Waals surface area contributed by atoms with E-state index in [1.54, 1.807) is 24.3 Å². The molecular weight excluding hydrogens is 269 g/mol. The van der Waals surface area contributed by atoms with E-state index in [-0.39, 0.29) is 11.6 Å². The Bertz CT molecular complexity index is 610. The highest BCUT2D eigenvalue weighted by Gasteiger charge is 2.21. The molecule has 0 aliphatic rings. The highest BCUT2D eigenvalue weighted by atomic mass is 19.1. The standard InChI is InChI=1S/C17H18FNO2/c1-2-4-16(21-15-6-3-5-14(19)11-15)17(20)12-7-9-13(18)10-8-12/h3,5-11,16H,2,4,19H2,1H3. The molecule has 0 bridgehead atoms. The fraction of sp³-hybridized carbons (Fsp3) is 0.235. The fourth-order valence-corrected chi connectivity index (χ4v) is 2.06. The van der Waals surface area contributed by atoms with Crippen LogP contribution in [0.1, 0.15) is 30.1 Å². The summed E-state index contributed by atoms with van der Waals surface area (Å²) in [6.07, 6.45) is 0.799. The third-order valence-corrected chi connectivity index (χ3v) is 3.11. The van der Waals surface area contributed by atoms with Crippen molar-refractivity contribution < 1.29 is 13.9 Å². The summed E-state index contributed by atoms with van der Waals surface area (Å²) < 4.78 is 18.7. The summed E-state index contributed by atoms with van der Waals surface area (Å²) in [5.74, 6) is 0.0403. The van der Waals surface area contributed by atoms with Gasteiger partial charge in [-0.25, -0.2) is 4.39 Å². The van der Waals surface area contributed by atoms with Gasteiger partial charge < -0.3 is 10.5 Å². The predicted molar refractivity (Wildman–Crippen MR) is 80.9 cm³/mol. The van der Waals surface area contributed by atoms with E-state index in [9.17, 15) is 9.18 Å². The Morgan fingerprint density at radius 3 is 2.57 bits per heavy atom. The number of nitrogen functional groups attached to an aromatic ring is 1. The van der Waals surface area contributed by atoms with Crippen LogP contribution >= 0.6 is 0 Å². The first-order valence-corrected chi connectivity index (χ1v) is 6.92. The lowest BCUT2D eigenvalue weighted by Crippen LogP contribution is -2.27. The number of hydrogen-bond donors (Lipinski definition) is 1. The third kappa shape index (κ3) is 4.05. The number of carbonyl (C=O) groups is 1. The van der Waals surface area contributed by atoms with Crippen molar-refractivity contribution in [2.24, 2.45) is 0 Å². The molecule has 0 saturated carbocycles. The van der Waals surface area contributed by atoms with Crippen LogP contribution in [0.25, 0.3) is 0 Å². The van der Waals surface area contributed by atoms with Gasteiger partial charge in [-0.3, -0.25) is 4.79 Å². The normalized spacial score (nSPS) is 11.9. The minimum Gasteiger partial charge on any atom is -0.482 e. The summed E-state index contributed by atoms with van der Waals surface area (Å²) in [7, 11) is 0. The van der Waals surface area contributed by atoms with E-state index in [1.165, 1.54) is 24.3 Å². The number of anilines is 1. The van der Waals surface area contributed by atoms with Gasteiger partial charge in [-0.1, -0.05) is 19.4 Å². The van der Waals surface area contributed by atoms with E-state index in [1.807, 2.05) is 6.92 Å². The lowest BCUT2D eigenvalue weighted by atomic mass is 10.0. The number of ether oxygens (including phenoxy) is 1. The first kappa shape index (κ1) is 15.0. The van der Waals surface area contributed by atoms with Crippen molar-refractivity contribution in [3.63, 3.8) is 0 Å². The van der Waals surface area contributed by atoms with Crippen LogP contribution in [-0.4, -0.2) is 11.9 Å². The summed E-state index contributed by atoms with van der Waals surface area (Å²) in [4.78, 5) is 12.5. The molecule has 0 fully saturated rings. The zero-order valence-corrected chi connectivity index (χ0v) is 11.9. The zero-order chi connectivity index (χ0) is 15.2. The molecule has 0 aliphatic carbocycles. The van der Waals surface area contributed by atoms with Crippen LogP contribution in [0, 0.1) is 5.82 Å². The highest BCUT2D eigenvalue weighted by molar-refractivity contribution is 5.99. The largest absolute Gasteiger partial charge is 0.482 e. The molecule has 110 valence electrons. The van der Waals surface area contributed by atoms with Crippen LogP contribution in [-0.2, 0) is 0 Å². The molecule has 0 spiro atoms. The monoisotopic (exact) mass is 287 g/mol. The Hall–Kier alpha value is -2.36.